The fourth-order valence-corrected chi connectivity index (χ4v) is 3.85. The van der Waals surface area contributed by atoms with Gasteiger partial charge in [-0.15, -0.1) is 0 Å². The van der Waals surface area contributed by atoms with E-state index >= 15 is 0 Å². The first-order valence-electron chi connectivity index (χ1n) is 8.10. The molecular formula is C18H29BrN2. The van der Waals surface area contributed by atoms with E-state index in [9.17, 15) is 0 Å². The minimum absolute atomic E-state index is 0.126. The van der Waals surface area contributed by atoms with Gasteiger partial charge in [-0.25, -0.2) is 0 Å². The van der Waals surface area contributed by atoms with Crippen molar-refractivity contribution < 1.29 is 0 Å². The van der Waals surface area contributed by atoms with Gasteiger partial charge in [0.1, 0.15) is 0 Å². The maximum atomic E-state index is 6.35. The molecule has 0 radical (unpaired) electrons. The highest BCUT2D eigenvalue weighted by atomic mass is 79.9. The predicted octanol–water partition coefficient (Wildman–Crippen LogP) is 4.60. The Hall–Kier alpha value is -0.380. The highest BCUT2D eigenvalue weighted by Crippen LogP contribution is 2.34. The van der Waals surface area contributed by atoms with Gasteiger partial charge in [-0.3, -0.25) is 0 Å². The predicted molar refractivity (Wildman–Crippen MR) is 94.3 cm³/mol. The Morgan fingerprint density at radius 2 is 1.86 bits per heavy atom. The molecule has 1 heterocycles. The minimum Gasteiger partial charge on any atom is -0.324 e. The van der Waals surface area contributed by atoms with Crippen LogP contribution in [0, 0.1) is 11.3 Å². The molecule has 1 unspecified atom stereocenters. The number of hydrogen-bond donors (Lipinski definition) is 1. The van der Waals surface area contributed by atoms with E-state index in [1.807, 2.05) is 6.07 Å². The molecule has 2 nitrogen and oxygen atoms in total. The van der Waals surface area contributed by atoms with Crippen LogP contribution in [0.4, 0.5) is 0 Å². The lowest BCUT2D eigenvalue weighted by Gasteiger charge is -2.39. The Morgan fingerprint density at radius 3 is 2.43 bits per heavy atom. The van der Waals surface area contributed by atoms with Gasteiger partial charge >= 0.3 is 0 Å². The molecule has 0 saturated carbocycles. The number of piperidine rings is 1. The fourth-order valence-electron chi connectivity index (χ4n) is 3.28. The molecule has 21 heavy (non-hydrogen) atoms. The number of halogens is 1. The molecule has 3 heteroatoms. The number of rotatable bonds is 4. The van der Waals surface area contributed by atoms with Crippen LogP contribution in [0.2, 0.25) is 0 Å². The molecule has 0 bridgehead atoms. The van der Waals surface area contributed by atoms with E-state index in [1.165, 1.54) is 31.5 Å². The smallest absolute Gasteiger partial charge is 0.0318 e. The van der Waals surface area contributed by atoms with Crippen LogP contribution >= 0.6 is 15.9 Å². The summed E-state index contributed by atoms with van der Waals surface area (Å²) < 4.78 is 1.13. The molecule has 2 N–H and O–H groups in total. The standard InChI is InChI=1S/C18H29BrN2/c1-18(2,3)14-8-11-21(12-9-14)13-10-17(20)15-6-4-5-7-16(15)19/h4-7,14,17H,8-13,20H2,1-3H3. The first kappa shape index (κ1) is 17.0. The van der Waals surface area contributed by atoms with Crippen molar-refractivity contribution in [1.29, 1.82) is 0 Å². The highest BCUT2D eigenvalue weighted by molar-refractivity contribution is 9.10. The lowest BCUT2D eigenvalue weighted by atomic mass is 9.75. The fraction of sp³-hybridized carbons (Fsp3) is 0.667. The normalized spacial score (nSPS) is 19.7. The quantitative estimate of drug-likeness (QED) is 0.857. The molecule has 1 saturated heterocycles. The third-order valence-corrected chi connectivity index (χ3v) is 5.60. The molecule has 1 atom stereocenters. The van der Waals surface area contributed by atoms with E-state index in [2.05, 4.69) is 59.8 Å². The molecule has 0 amide bonds. The summed E-state index contributed by atoms with van der Waals surface area (Å²) in [6.07, 6.45) is 3.68. The zero-order valence-electron chi connectivity index (χ0n) is 13.6. The van der Waals surface area contributed by atoms with Crippen molar-refractivity contribution in [2.75, 3.05) is 19.6 Å². The molecule has 0 spiro atoms. The summed E-state index contributed by atoms with van der Waals surface area (Å²) in [5.41, 5.74) is 8.03. The first-order valence-corrected chi connectivity index (χ1v) is 8.89. The molecule has 1 fully saturated rings. The second-order valence-electron chi connectivity index (χ2n) is 7.40. The van der Waals surface area contributed by atoms with Gasteiger partial charge in [0.15, 0.2) is 0 Å². The topological polar surface area (TPSA) is 29.3 Å². The van der Waals surface area contributed by atoms with Crippen LogP contribution in [0.3, 0.4) is 0 Å². The summed E-state index contributed by atoms with van der Waals surface area (Å²) in [6.45, 7) is 10.7. The van der Waals surface area contributed by atoms with Gasteiger partial charge in [0, 0.05) is 10.5 Å². The Kier molecular flexibility index (Phi) is 5.87. The van der Waals surface area contributed by atoms with Gasteiger partial charge in [-0.2, -0.15) is 0 Å². The Labute approximate surface area is 138 Å². The molecule has 1 aliphatic rings. The average molecular weight is 353 g/mol. The van der Waals surface area contributed by atoms with Crippen LogP contribution < -0.4 is 5.73 Å². The summed E-state index contributed by atoms with van der Waals surface area (Å²) in [5.74, 6) is 0.866. The van der Waals surface area contributed by atoms with Crippen molar-refractivity contribution in [3.8, 4) is 0 Å². The Balaban J connectivity index is 1.79. The zero-order chi connectivity index (χ0) is 15.5. The molecule has 1 aliphatic heterocycles. The Morgan fingerprint density at radius 1 is 1.24 bits per heavy atom. The van der Waals surface area contributed by atoms with E-state index in [4.69, 9.17) is 5.73 Å². The van der Waals surface area contributed by atoms with Gasteiger partial charge < -0.3 is 10.6 Å². The van der Waals surface area contributed by atoms with Crippen LogP contribution in [0.15, 0.2) is 28.7 Å². The van der Waals surface area contributed by atoms with Crippen molar-refractivity contribution >= 4 is 15.9 Å². The van der Waals surface area contributed by atoms with Gasteiger partial charge in [0.2, 0.25) is 0 Å². The number of benzene rings is 1. The van der Waals surface area contributed by atoms with Crippen LogP contribution in [-0.4, -0.2) is 24.5 Å². The summed E-state index contributed by atoms with van der Waals surface area (Å²) >= 11 is 3.60. The van der Waals surface area contributed by atoms with Crippen molar-refractivity contribution in [3.63, 3.8) is 0 Å². The minimum atomic E-state index is 0.126. The van der Waals surface area contributed by atoms with E-state index < -0.39 is 0 Å². The van der Waals surface area contributed by atoms with E-state index in [0.29, 0.717) is 5.41 Å². The second-order valence-corrected chi connectivity index (χ2v) is 8.25. The van der Waals surface area contributed by atoms with E-state index in [-0.39, 0.29) is 6.04 Å². The molecule has 1 aromatic rings. The number of likely N-dealkylation sites (tertiary alicyclic amines) is 1. The van der Waals surface area contributed by atoms with Crippen molar-refractivity contribution in [2.45, 2.75) is 46.1 Å². The molecular weight excluding hydrogens is 324 g/mol. The molecule has 0 aliphatic carbocycles. The van der Waals surface area contributed by atoms with Crippen molar-refractivity contribution in [3.05, 3.63) is 34.3 Å². The maximum Gasteiger partial charge on any atom is 0.0318 e. The van der Waals surface area contributed by atoms with Gasteiger partial charge in [-0.1, -0.05) is 54.9 Å². The lowest BCUT2D eigenvalue weighted by molar-refractivity contribution is 0.110. The SMILES string of the molecule is CC(C)(C)C1CCN(CCC(N)c2ccccc2Br)CC1. The largest absolute Gasteiger partial charge is 0.324 e. The molecule has 118 valence electrons. The first-order chi connectivity index (χ1) is 9.88. The summed E-state index contributed by atoms with van der Waals surface area (Å²) in [6, 6.07) is 8.43. The number of hydrogen-bond acceptors (Lipinski definition) is 2. The van der Waals surface area contributed by atoms with Crippen molar-refractivity contribution in [2.24, 2.45) is 17.1 Å². The van der Waals surface area contributed by atoms with Crippen LogP contribution in [0.25, 0.3) is 0 Å². The third-order valence-electron chi connectivity index (χ3n) is 4.87. The summed E-state index contributed by atoms with van der Waals surface area (Å²) in [5, 5.41) is 0. The van der Waals surface area contributed by atoms with Gasteiger partial charge in [0.05, 0.1) is 0 Å². The van der Waals surface area contributed by atoms with Gasteiger partial charge in [0.25, 0.3) is 0 Å². The summed E-state index contributed by atoms with van der Waals surface area (Å²) in [4.78, 5) is 2.58. The molecule has 2 rings (SSSR count). The summed E-state index contributed by atoms with van der Waals surface area (Å²) in [7, 11) is 0. The van der Waals surface area contributed by atoms with Gasteiger partial charge in [-0.05, 0) is 61.9 Å². The molecule has 0 aromatic heterocycles. The highest BCUT2D eigenvalue weighted by Gasteiger charge is 2.28. The Bertz CT molecular complexity index is 445. The van der Waals surface area contributed by atoms with Crippen LogP contribution in [0.1, 0.15) is 51.6 Å². The average Bonchev–Trinajstić information content (AvgIpc) is 2.45. The maximum absolute atomic E-state index is 6.35. The van der Waals surface area contributed by atoms with Crippen molar-refractivity contribution in [1.82, 2.24) is 4.90 Å². The van der Waals surface area contributed by atoms with E-state index in [0.717, 1.165) is 23.4 Å². The number of nitrogens with zero attached hydrogens (tertiary/aromatic N) is 1. The zero-order valence-corrected chi connectivity index (χ0v) is 15.2. The van der Waals surface area contributed by atoms with E-state index in [1.54, 1.807) is 0 Å². The number of nitrogens with two attached hydrogens (primary N) is 1. The monoisotopic (exact) mass is 352 g/mol. The second kappa shape index (κ2) is 7.26. The van der Waals surface area contributed by atoms with Crippen LogP contribution in [0.5, 0.6) is 0 Å². The molecule has 1 aromatic carbocycles. The third kappa shape index (κ3) is 4.80. The van der Waals surface area contributed by atoms with Crippen LogP contribution in [-0.2, 0) is 0 Å². The lowest BCUT2D eigenvalue weighted by Crippen LogP contribution is -2.39.